The molecule has 1 aliphatic heterocycles. The Morgan fingerprint density at radius 2 is 1.69 bits per heavy atom. The lowest BCUT2D eigenvalue weighted by molar-refractivity contribution is -0.137. The quantitative estimate of drug-likeness (QED) is 0.678. The van der Waals surface area contributed by atoms with Crippen LogP contribution in [0.3, 0.4) is 0 Å². The molecule has 0 bridgehead atoms. The zero-order valence-electron chi connectivity index (χ0n) is 16.2. The maximum absolute atomic E-state index is 12.6. The minimum absolute atomic E-state index is 0.443. The molecule has 29 heavy (non-hydrogen) atoms. The molecule has 4 nitrogen and oxygen atoms in total. The van der Waals surface area contributed by atoms with Gasteiger partial charge in [-0.2, -0.15) is 13.2 Å². The highest BCUT2D eigenvalue weighted by Gasteiger charge is 2.30. The highest BCUT2D eigenvalue weighted by atomic mass is 32.2. The minimum Gasteiger partial charge on any atom is -0.495 e. The molecule has 1 fully saturated rings. The Hall–Kier alpha value is -1.90. The predicted octanol–water partition coefficient (Wildman–Crippen LogP) is 3.99. The molecule has 1 N–H and O–H groups in total. The molecule has 1 saturated heterocycles. The van der Waals surface area contributed by atoms with Gasteiger partial charge in [-0.1, -0.05) is 12.1 Å². The minimum atomic E-state index is -4.32. The smallest absolute Gasteiger partial charge is 0.416 e. The number of para-hydroxylation sites is 2. The van der Waals surface area contributed by atoms with Crippen LogP contribution in [0.4, 0.5) is 18.9 Å². The van der Waals surface area contributed by atoms with Crippen LogP contribution in [0.25, 0.3) is 0 Å². The first-order valence-corrected chi connectivity index (χ1v) is 10.4. The lowest BCUT2D eigenvalue weighted by Crippen LogP contribution is -2.49. The molecule has 3 rings (SSSR count). The second-order valence-electron chi connectivity index (χ2n) is 6.95. The predicted molar refractivity (Wildman–Crippen MR) is 110 cm³/mol. The van der Waals surface area contributed by atoms with Crippen LogP contribution >= 0.6 is 11.8 Å². The number of hydrogen-bond acceptors (Lipinski definition) is 5. The van der Waals surface area contributed by atoms with Crippen LogP contribution in [0.15, 0.2) is 53.4 Å². The van der Waals surface area contributed by atoms with Crippen molar-refractivity contribution in [2.24, 2.45) is 0 Å². The van der Waals surface area contributed by atoms with E-state index >= 15 is 0 Å². The summed E-state index contributed by atoms with van der Waals surface area (Å²) in [6, 6.07) is 13.0. The van der Waals surface area contributed by atoms with Crippen molar-refractivity contribution in [1.82, 2.24) is 4.90 Å². The van der Waals surface area contributed by atoms with Gasteiger partial charge in [0, 0.05) is 43.4 Å². The summed E-state index contributed by atoms with van der Waals surface area (Å²) in [5.74, 6) is 1.30. The van der Waals surface area contributed by atoms with Crippen molar-refractivity contribution in [1.29, 1.82) is 0 Å². The highest BCUT2D eigenvalue weighted by Crippen LogP contribution is 2.31. The van der Waals surface area contributed by atoms with Crippen molar-refractivity contribution >= 4 is 17.4 Å². The number of ether oxygens (including phenoxy) is 1. The number of halogens is 3. The van der Waals surface area contributed by atoms with Gasteiger partial charge in [-0.15, -0.1) is 11.8 Å². The van der Waals surface area contributed by atoms with Gasteiger partial charge in [0.15, 0.2) is 0 Å². The number of aliphatic hydroxyl groups excluding tert-OH is 1. The van der Waals surface area contributed by atoms with Crippen molar-refractivity contribution in [2.45, 2.75) is 17.2 Å². The van der Waals surface area contributed by atoms with E-state index in [9.17, 15) is 18.3 Å². The number of methoxy groups -OCH3 is 1. The average molecular weight is 427 g/mol. The Morgan fingerprint density at radius 3 is 2.31 bits per heavy atom. The number of hydrogen-bond donors (Lipinski definition) is 1. The second-order valence-corrected chi connectivity index (χ2v) is 8.04. The number of piperazine rings is 1. The highest BCUT2D eigenvalue weighted by molar-refractivity contribution is 7.99. The number of anilines is 1. The number of benzene rings is 2. The molecule has 0 amide bonds. The van der Waals surface area contributed by atoms with Gasteiger partial charge in [0.1, 0.15) is 5.75 Å². The second kappa shape index (κ2) is 9.73. The number of nitrogens with zero attached hydrogens (tertiary/aromatic N) is 2. The Labute approximate surface area is 173 Å². The van der Waals surface area contributed by atoms with Gasteiger partial charge in [-0.25, -0.2) is 0 Å². The summed E-state index contributed by atoms with van der Waals surface area (Å²) in [5, 5.41) is 10.3. The largest absolute Gasteiger partial charge is 0.495 e. The van der Waals surface area contributed by atoms with Gasteiger partial charge < -0.3 is 14.7 Å². The molecule has 1 heterocycles. The monoisotopic (exact) mass is 426 g/mol. The lowest BCUT2D eigenvalue weighted by atomic mass is 10.2. The molecule has 158 valence electrons. The molecule has 0 aliphatic carbocycles. The summed E-state index contributed by atoms with van der Waals surface area (Å²) in [5.41, 5.74) is 0.420. The molecule has 0 spiro atoms. The van der Waals surface area contributed by atoms with Gasteiger partial charge in [-0.05, 0) is 36.4 Å². The van der Waals surface area contributed by atoms with Crippen LogP contribution in [0.1, 0.15) is 5.56 Å². The molecular weight excluding hydrogens is 401 g/mol. The molecule has 1 aliphatic rings. The van der Waals surface area contributed by atoms with E-state index in [1.807, 2.05) is 24.3 Å². The Balaban J connectivity index is 1.43. The maximum Gasteiger partial charge on any atom is 0.416 e. The van der Waals surface area contributed by atoms with E-state index in [0.717, 1.165) is 54.6 Å². The number of thioether (sulfide) groups is 1. The summed E-state index contributed by atoms with van der Waals surface area (Å²) in [7, 11) is 1.67. The molecule has 2 aromatic rings. The van der Waals surface area contributed by atoms with E-state index in [0.29, 0.717) is 12.3 Å². The molecule has 8 heteroatoms. The molecule has 0 saturated carbocycles. The molecule has 2 aromatic carbocycles. The van der Waals surface area contributed by atoms with E-state index in [4.69, 9.17) is 4.74 Å². The standard InChI is InChI=1S/C21H25F3N2O2S/c1-28-20-5-3-2-4-19(20)26-12-10-25(11-13-26)14-17(27)15-29-18-8-6-16(7-9-18)21(22,23)24/h2-9,17,27H,10-15H2,1H3/t17-/m0/s1. The molecule has 0 radical (unpaired) electrons. The fourth-order valence-electron chi connectivity index (χ4n) is 3.35. The fraction of sp³-hybridized carbons (Fsp3) is 0.429. The Morgan fingerprint density at radius 1 is 1.03 bits per heavy atom. The summed E-state index contributed by atoms with van der Waals surface area (Å²) < 4.78 is 43.3. The fourth-order valence-corrected chi connectivity index (χ4v) is 4.16. The van der Waals surface area contributed by atoms with E-state index in [-0.39, 0.29) is 0 Å². The van der Waals surface area contributed by atoms with E-state index < -0.39 is 17.8 Å². The van der Waals surface area contributed by atoms with Crippen molar-refractivity contribution < 1.29 is 23.0 Å². The first kappa shape index (κ1) is 21.8. The third-order valence-electron chi connectivity index (χ3n) is 4.89. The van der Waals surface area contributed by atoms with E-state index in [1.54, 1.807) is 7.11 Å². The third kappa shape index (κ3) is 6.04. The lowest BCUT2D eigenvalue weighted by Gasteiger charge is -2.37. The van der Waals surface area contributed by atoms with Gasteiger partial charge in [0.05, 0.1) is 24.5 Å². The zero-order valence-corrected chi connectivity index (χ0v) is 17.0. The van der Waals surface area contributed by atoms with Crippen molar-refractivity contribution in [3.8, 4) is 5.75 Å². The molecular formula is C21H25F3N2O2S. The SMILES string of the molecule is COc1ccccc1N1CCN(C[C@H](O)CSc2ccc(C(F)(F)F)cc2)CC1. The first-order chi connectivity index (χ1) is 13.9. The van der Waals surface area contributed by atoms with Crippen LogP contribution in [-0.4, -0.2) is 61.7 Å². The molecule has 0 aromatic heterocycles. The van der Waals surface area contributed by atoms with Crippen LogP contribution in [0.5, 0.6) is 5.75 Å². The maximum atomic E-state index is 12.6. The first-order valence-electron chi connectivity index (χ1n) is 9.45. The number of rotatable bonds is 7. The van der Waals surface area contributed by atoms with Gasteiger partial charge in [0.2, 0.25) is 0 Å². The zero-order chi connectivity index (χ0) is 20.9. The average Bonchev–Trinajstić information content (AvgIpc) is 2.72. The topological polar surface area (TPSA) is 35.9 Å². The van der Waals surface area contributed by atoms with Gasteiger partial charge >= 0.3 is 6.18 Å². The Kier molecular flexibility index (Phi) is 7.32. The summed E-state index contributed by atoms with van der Waals surface area (Å²) in [6.07, 6.45) is -4.87. The van der Waals surface area contributed by atoms with Crippen LogP contribution < -0.4 is 9.64 Å². The van der Waals surface area contributed by atoms with Crippen LogP contribution in [0.2, 0.25) is 0 Å². The number of aliphatic hydroxyl groups is 1. The van der Waals surface area contributed by atoms with Gasteiger partial charge in [-0.3, -0.25) is 4.90 Å². The van der Waals surface area contributed by atoms with Crippen molar-refractivity contribution in [3.63, 3.8) is 0 Å². The summed E-state index contributed by atoms with van der Waals surface area (Å²) >= 11 is 1.37. The summed E-state index contributed by atoms with van der Waals surface area (Å²) in [6.45, 7) is 3.91. The number of β-amino-alcohol motifs (C(OH)–C–C–N with tert-alkyl or cyclic N) is 1. The van der Waals surface area contributed by atoms with E-state index in [1.165, 1.54) is 23.9 Å². The van der Waals surface area contributed by atoms with Crippen LogP contribution in [-0.2, 0) is 6.18 Å². The normalized spacial score (nSPS) is 16.7. The number of alkyl halides is 3. The van der Waals surface area contributed by atoms with Crippen LogP contribution in [0, 0.1) is 0 Å². The van der Waals surface area contributed by atoms with Crippen molar-refractivity contribution in [3.05, 3.63) is 54.1 Å². The Bertz CT molecular complexity index is 778. The molecule has 0 unspecified atom stereocenters. The third-order valence-corrected chi connectivity index (χ3v) is 6.05. The molecule has 1 atom stereocenters. The summed E-state index contributed by atoms with van der Waals surface area (Å²) in [4.78, 5) is 5.21. The van der Waals surface area contributed by atoms with Gasteiger partial charge in [0.25, 0.3) is 0 Å². The van der Waals surface area contributed by atoms with E-state index in [2.05, 4.69) is 9.80 Å². The van der Waals surface area contributed by atoms with Crippen molar-refractivity contribution in [2.75, 3.05) is 50.5 Å².